The normalized spacial score (nSPS) is 19.5. The molecule has 3 N–H and O–H groups in total. The number of amides is 1. The van der Waals surface area contributed by atoms with Gasteiger partial charge >= 0.3 is 7.12 Å². The van der Waals surface area contributed by atoms with Crippen molar-refractivity contribution in [3.8, 4) is 0 Å². The first-order valence-electron chi connectivity index (χ1n) is 7.05. The highest BCUT2D eigenvalue weighted by Gasteiger charge is 2.51. The van der Waals surface area contributed by atoms with Crippen molar-refractivity contribution in [2.45, 2.75) is 45.3 Å². The van der Waals surface area contributed by atoms with E-state index in [-0.39, 0.29) is 23.5 Å². The van der Waals surface area contributed by atoms with Gasteiger partial charge in [0.2, 0.25) is 5.91 Å². The van der Waals surface area contributed by atoms with Crippen molar-refractivity contribution in [2.24, 2.45) is 5.73 Å². The summed E-state index contributed by atoms with van der Waals surface area (Å²) in [5.74, 6) is 0.327. The van der Waals surface area contributed by atoms with Gasteiger partial charge < -0.3 is 20.4 Å². The van der Waals surface area contributed by atoms with Gasteiger partial charge in [-0.05, 0) is 45.3 Å². The summed E-state index contributed by atoms with van der Waals surface area (Å²) in [6.07, 6.45) is 1.95. The Labute approximate surface area is 125 Å². The molecule has 0 spiro atoms. The summed E-state index contributed by atoms with van der Waals surface area (Å²) in [4.78, 5) is 14.9. The van der Waals surface area contributed by atoms with Crippen LogP contribution in [0.1, 0.15) is 34.1 Å². The standard InChI is InChI=1S/C14H22BN3O3/c1-13(2)14(3,4)21-15(20-13)10-5-7-17-12(9-10)18-8-6-11(16)19/h5,7,9H,6,8H2,1-4H3,(H2,16,19)(H,17,18). The van der Waals surface area contributed by atoms with E-state index in [0.29, 0.717) is 12.4 Å². The average molecular weight is 291 g/mol. The topological polar surface area (TPSA) is 86.5 Å². The van der Waals surface area contributed by atoms with Crippen LogP contribution in [-0.4, -0.2) is 35.8 Å². The lowest BCUT2D eigenvalue weighted by molar-refractivity contribution is -0.117. The predicted octanol–water partition coefficient (Wildman–Crippen LogP) is 0.668. The zero-order valence-corrected chi connectivity index (χ0v) is 13.0. The maximum absolute atomic E-state index is 10.7. The molecule has 7 heteroatoms. The van der Waals surface area contributed by atoms with Crippen molar-refractivity contribution >= 4 is 24.3 Å². The zero-order chi connectivity index (χ0) is 15.7. The summed E-state index contributed by atoms with van der Waals surface area (Å²) in [6, 6.07) is 3.73. The first-order chi connectivity index (χ1) is 9.71. The van der Waals surface area contributed by atoms with Crippen LogP contribution < -0.4 is 16.5 Å². The fraction of sp³-hybridized carbons (Fsp3) is 0.571. The van der Waals surface area contributed by atoms with E-state index >= 15 is 0 Å². The number of nitrogens with two attached hydrogens (primary N) is 1. The van der Waals surface area contributed by atoms with Crippen LogP contribution in [0.4, 0.5) is 5.82 Å². The SMILES string of the molecule is CC1(C)OB(c2ccnc(NCCC(N)=O)c2)OC1(C)C. The minimum Gasteiger partial charge on any atom is -0.399 e. The lowest BCUT2D eigenvalue weighted by Crippen LogP contribution is -2.41. The van der Waals surface area contributed by atoms with E-state index in [1.54, 1.807) is 6.20 Å². The van der Waals surface area contributed by atoms with Gasteiger partial charge in [0, 0.05) is 19.2 Å². The average Bonchev–Trinajstić information content (AvgIpc) is 2.58. The molecule has 0 saturated carbocycles. The molecule has 1 amide bonds. The highest BCUT2D eigenvalue weighted by Crippen LogP contribution is 2.36. The maximum Gasteiger partial charge on any atom is 0.495 e. The van der Waals surface area contributed by atoms with E-state index in [2.05, 4.69) is 10.3 Å². The first kappa shape index (κ1) is 15.8. The van der Waals surface area contributed by atoms with E-state index in [4.69, 9.17) is 15.0 Å². The summed E-state index contributed by atoms with van der Waals surface area (Å²) >= 11 is 0. The summed E-state index contributed by atoms with van der Waals surface area (Å²) in [7, 11) is -0.422. The van der Waals surface area contributed by atoms with Gasteiger partial charge in [0.25, 0.3) is 0 Å². The third-order valence-corrected chi connectivity index (χ3v) is 3.99. The number of anilines is 1. The number of pyridine rings is 1. The van der Waals surface area contributed by atoms with E-state index in [0.717, 1.165) is 5.46 Å². The third kappa shape index (κ3) is 3.54. The number of nitrogens with zero attached hydrogens (tertiary/aromatic N) is 1. The van der Waals surface area contributed by atoms with Crippen molar-refractivity contribution in [3.05, 3.63) is 18.3 Å². The Morgan fingerprint density at radius 1 is 1.33 bits per heavy atom. The second-order valence-corrected chi connectivity index (χ2v) is 6.21. The Kier molecular flexibility index (Phi) is 4.25. The van der Waals surface area contributed by atoms with Crippen LogP contribution in [0.25, 0.3) is 0 Å². The Balaban J connectivity index is 2.07. The molecule has 0 aromatic carbocycles. The summed E-state index contributed by atoms with van der Waals surface area (Å²) in [5.41, 5.74) is 5.25. The lowest BCUT2D eigenvalue weighted by Gasteiger charge is -2.32. The van der Waals surface area contributed by atoms with Gasteiger partial charge in [-0.3, -0.25) is 4.79 Å². The van der Waals surface area contributed by atoms with Crippen LogP contribution in [0.2, 0.25) is 0 Å². The molecule has 0 atom stereocenters. The molecule has 0 aliphatic carbocycles. The van der Waals surface area contributed by atoms with Crippen LogP contribution in [0.15, 0.2) is 18.3 Å². The van der Waals surface area contributed by atoms with Crippen LogP contribution in [-0.2, 0) is 14.1 Å². The molecule has 1 aromatic heterocycles. The molecule has 0 bridgehead atoms. The van der Waals surface area contributed by atoms with Crippen molar-refractivity contribution < 1.29 is 14.1 Å². The molecule has 114 valence electrons. The van der Waals surface area contributed by atoms with Crippen LogP contribution in [0.3, 0.4) is 0 Å². The van der Waals surface area contributed by atoms with Crippen molar-refractivity contribution in [1.29, 1.82) is 0 Å². The van der Waals surface area contributed by atoms with Gasteiger partial charge in [-0.25, -0.2) is 4.98 Å². The molecule has 1 fully saturated rings. The van der Waals surface area contributed by atoms with Crippen molar-refractivity contribution in [2.75, 3.05) is 11.9 Å². The van der Waals surface area contributed by atoms with E-state index in [1.807, 2.05) is 39.8 Å². The molecule has 1 saturated heterocycles. The van der Waals surface area contributed by atoms with Gasteiger partial charge in [0.05, 0.1) is 11.2 Å². The fourth-order valence-electron chi connectivity index (χ4n) is 1.98. The Morgan fingerprint density at radius 3 is 2.52 bits per heavy atom. The quantitative estimate of drug-likeness (QED) is 0.779. The molecule has 2 heterocycles. The second-order valence-electron chi connectivity index (χ2n) is 6.21. The highest BCUT2D eigenvalue weighted by atomic mass is 16.7. The Bertz CT molecular complexity index is 518. The number of carbonyl (C=O) groups is 1. The minimum absolute atomic E-state index is 0.266. The highest BCUT2D eigenvalue weighted by molar-refractivity contribution is 6.62. The number of nitrogens with one attached hydrogen (secondary N) is 1. The van der Waals surface area contributed by atoms with Crippen molar-refractivity contribution in [3.63, 3.8) is 0 Å². The van der Waals surface area contributed by atoms with Gasteiger partial charge in [-0.1, -0.05) is 0 Å². The first-order valence-corrected chi connectivity index (χ1v) is 7.05. The summed E-state index contributed by atoms with van der Waals surface area (Å²) in [5, 5.41) is 3.06. The molecule has 0 unspecified atom stereocenters. The Morgan fingerprint density at radius 2 is 1.95 bits per heavy atom. The number of hydrogen-bond donors (Lipinski definition) is 2. The molecule has 1 aliphatic heterocycles. The van der Waals surface area contributed by atoms with E-state index in [1.165, 1.54) is 0 Å². The number of aromatic nitrogens is 1. The van der Waals surface area contributed by atoms with Gasteiger partial charge in [0.1, 0.15) is 5.82 Å². The van der Waals surface area contributed by atoms with Gasteiger partial charge in [-0.2, -0.15) is 0 Å². The van der Waals surface area contributed by atoms with Crippen molar-refractivity contribution in [1.82, 2.24) is 4.98 Å². The van der Waals surface area contributed by atoms with Crippen LogP contribution in [0, 0.1) is 0 Å². The summed E-state index contributed by atoms with van der Waals surface area (Å²) in [6.45, 7) is 8.51. The van der Waals surface area contributed by atoms with Crippen LogP contribution in [0.5, 0.6) is 0 Å². The van der Waals surface area contributed by atoms with E-state index in [9.17, 15) is 4.79 Å². The van der Waals surface area contributed by atoms with Gasteiger partial charge in [0.15, 0.2) is 0 Å². The molecule has 2 rings (SSSR count). The molecule has 0 radical (unpaired) electrons. The fourth-order valence-corrected chi connectivity index (χ4v) is 1.98. The largest absolute Gasteiger partial charge is 0.495 e. The maximum atomic E-state index is 10.7. The Hall–Kier alpha value is -1.60. The molecular formula is C14H22BN3O3. The molecule has 6 nitrogen and oxygen atoms in total. The minimum atomic E-state index is -0.422. The van der Waals surface area contributed by atoms with Gasteiger partial charge in [-0.15, -0.1) is 0 Å². The third-order valence-electron chi connectivity index (χ3n) is 3.99. The number of hydrogen-bond acceptors (Lipinski definition) is 5. The number of rotatable bonds is 5. The number of primary amides is 1. The van der Waals surface area contributed by atoms with E-state index < -0.39 is 7.12 Å². The molecular weight excluding hydrogens is 269 g/mol. The molecule has 1 aliphatic rings. The molecule has 21 heavy (non-hydrogen) atoms. The second kappa shape index (κ2) is 5.65. The lowest BCUT2D eigenvalue weighted by atomic mass is 9.80. The number of carbonyl (C=O) groups excluding carboxylic acids is 1. The summed E-state index contributed by atoms with van der Waals surface area (Å²) < 4.78 is 12.0. The zero-order valence-electron chi connectivity index (χ0n) is 13.0. The predicted molar refractivity (Wildman–Crippen MR) is 82.3 cm³/mol. The smallest absolute Gasteiger partial charge is 0.399 e. The van der Waals surface area contributed by atoms with Crippen LogP contribution >= 0.6 is 0 Å². The molecule has 1 aromatic rings. The monoisotopic (exact) mass is 291 g/mol.